The van der Waals surface area contributed by atoms with Gasteiger partial charge in [-0.05, 0) is 25.1 Å². The lowest BCUT2D eigenvalue weighted by Crippen LogP contribution is -2.46. The van der Waals surface area contributed by atoms with Crippen molar-refractivity contribution in [2.45, 2.75) is 6.92 Å². The Balaban J connectivity index is 1.42. The number of hydrogen-bond acceptors (Lipinski definition) is 7. The van der Waals surface area contributed by atoms with Crippen molar-refractivity contribution in [1.29, 1.82) is 0 Å². The van der Waals surface area contributed by atoms with Gasteiger partial charge in [0.05, 0.1) is 0 Å². The number of nitrogens with zero attached hydrogens (tertiary/aromatic N) is 7. The van der Waals surface area contributed by atoms with Gasteiger partial charge >= 0.3 is 0 Å². The van der Waals surface area contributed by atoms with Crippen molar-refractivity contribution in [3.05, 3.63) is 41.7 Å². The molecule has 1 fully saturated rings. The number of hydrogen-bond donors (Lipinski definition) is 0. The van der Waals surface area contributed by atoms with Crippen molar-refractivity contribution < 1.29 is 0 Å². The van der Waals surface area contributed by atoms with Gasteiger partial charge in [0.1, 0.15) is 0 Å². The van der Waals surface area contributed by atoms with Crippen LogP contribution in [0.5, 0.6) is 0 Å². The van der Waals surface area contributed by atoms with Gasteiger partial charge in [-0.25, -0.2) is 9.67 Å². The quantitative estimate of drug-likeness (QED) is 0.730. The topological polar surface area (TPSA) is 63.0 Å². The number of aromatic nitrogens is 5. The molecule has 0 unspecified atom stereocenters. The van der Waals surface area contributed by atoms with E-state index in [1.165, 1.54) is 4.88 Å². The summed E-state index contributed by atoms with van der Waals surface area (Å²) in [5.41, 5.74) is 0. The summed E-state index contributed by atoms with van der Waals surface area (Å²) in [7, 11) is 0. The molecule has 4 heterocycles. The first-order valence-electron chi connectivity index (χ1n) is 7.56. The van der Waals surface area contributed by atoms with E-state index in [1.54, 1.807) is 22.2 Å². The van der Waals surface area contributed by atoms with E-state index in [0.29, 0.717) is 0 Å². The number of piperazine rings is 1. The summed E-state index contributed by atoms with van der Waals surface area (Å²) in [6, 6.07) is 5.83. The molecule has 0 amide bonds. The predicted molar refractivity (Wildman–Crippen MR) is 90.4 cm³/mol. The average molecular weight is 327 g/mol. The third-order valence-corrected chi connectivity index (χ3v) is 4.83. The highest BCUT2D eigenvalue weighted by Crippen LogP contribution is 2.23. The lowest BCUT2D eigenvalue weighted by molar-refractivity contribution is 0.641. The zero-order valence-corrected chi connectivity index (χ0v) is 13.6. The van der Waals surface area contributed by atoms with Gasteiger partial charge in [0.25, 0.3) is 0 Å². The second-order valence-corrected chi connectivity index (χ2v) is 6.64. The van der Waals surface area contributed by atoms with E-state index in [2.05, 4.69) is 37.0 Å². The molecular weight excluding hydrogens is 310 g/mol. The summed E-state index contributed by atoms with van der Waals surface area (Å²) in [5.74, 6) is 1.64. The first kappa shape index (κ1) is 14.1. The molecule has 118 valence electrons. The van der Waals surface area contributed by atoms with E-state index < -0.39 is 0 Å². The Morgan fingerprint density at radius 1 is 1.00 bits per heavy atom. The maximum absolute atomic E-state index is 4.47. The van der Waals surface area contributed by atoms with Crippen LogP contribution in [-0.4, -0.2) is 51.1 Å². The predicted octanol–water partition coefficient (Wildman–Crippen LogP) is 1.75. The molecule has 8 heteroatoms. The minimum Gasteiger partial charge on any atom is -0.352 e. The highest BCUT2D eigenvalue weighted by atomic mass is 32.1. The van der Waals surface area contributed by atoms with Gasteiger partial charge < -0.3 is 9.80 Å². The Kier molecular flexibility index (Phi) is 3.66. The van der Waals surface area contributed by atoms with E-state index in [-0.39, 0.29) is 0 Å². The fourth-order valence-electron chi connectivity index (χ4n) is 2.63. The summed E-state index contributed by atoms with van der Waals surface area (Å²) < 4.78 is 1.71. The molecule has 1 aliphatic rings. The molecule has 1 saturated heterocycles. The summed E-state index contributed by atoms with van der Waals surface area (Å²) in [6.07, 6.45) is 5.53. The summed E-state index contributed by atoms with van der Waals surface area (Å²) >= 11 is 1.75. The number of thiazole rings is 1. The molecule has 23 heavy (non-hydrogen) atoms. The van der Waals surface area contributed by atoms with Crippen molar-refractivity contribution in [2.75, 3.05) is 36.0 Å². The monoisotopic (exact) mass is 327 g/mol. The molecule has 3 aromatic rings. The van der Waals surface area contributed by atoms with E-state index in [9.17, 15) is 0 Å². The van der Waals surface area contributed by atoms with Crippen LogP contribution in [-0.2, 0) is 0 Å². The first-order chi connectivity index (χ1) is 11.3. The van der Waals surface area contributed by atoms with Crippen LogP contribution in [0.4, 0.5) is 10.9 Å². The van der Waals surface area contributed by atoms with E-state index in [0.717, 1.165) is 42.9 Å². The third kappa shape index (κ3) is 2.89. The summed E-state index contributed by atoms with van der Waals surface area (Å²) in [6.45, 7) is 5.85. The van der Waals surface area contributed by atoms with Crippen LogP contribution >= 0.6 is 11.3 Å². The maximum Gasteiger partial charge on any atom is 0.185 e. The van der Waals surface area contributed by atoms with Gasteiger partial charge in [0.15, 0.2) is 16.8 Å². The molecule has 3 aromatic heterocycles. The Morgan fingerprint density at radius 2 is 1.74 bits per heavy atom. The molecule has 0 aromatic carbocycles. The largest absolute Gasteiger partial charge is 0.352 e. The highest BCUT2D eigenvalue weighted by Gasteiger charge is 2.20. The van der Waals surface area contributed by atoms with Crippen molar-refractivity contribution >= 4 is 22.3 Å². The lowest BCUT2D eigenvalue weighted by Gasteiger charge is -2.34. The van der Waals surface area contributed by atoms with Gasteiger partial charge in [-0.2, -0.15) is 5.10 Å². The van der Waals surface area contributed by atoms with Crippen LogP contribution in [0.1, 0.15) is 4.88 Å². The number of anilines is 2. The Morgan fingerprint density at radius 3 is 2.35 bits per heavy atom. The van der Waals surface area contributed by atoms with Gasteiger partial charge in [-0.3, -0.25) is 0 Å². The molecule has 0 bridgehead atoms. The fraction of sp³-hybridized carbons (Fsp3) is 0.333. The molecule has 0 aliphatic carbocycles. The van der Waals surface area contributed by atoms with Crippen LogP contribution in [0.2, 0.25) is 0 Å². The van der Waals surface area contributed by atoms with Gasteiger partial charge in [-0.1, -0.05) is 0 Å². The van der Waals surface area contributed by atoms with Crippen molar-refractivity contribution in [2.24, 2.45) is 0 Å². The van der Waals surface area contributed by atoms with Crippen LogP contribution in [0, 0.1) is 6.92 Å². The minimum absolute atomic E-state index is 0.732. The SMILES string of the molecule is Cc1cnc(N2CCN(c3ccc(-n4cccn4)nn3)CC2)s1. The van der Waals surface area contributed by atoms with Gasteiger partial charge in [0, 0.05) is 49.6 Å². The van der Waals surface area contributed by atoms with Crippen LogP contribution in [0.15, 0.2) is 36.8 Å². The normalized spacial score (nSPS) is 15.2. The van der Waals surface area contributed by atoms with Crippen LogP contribution in [0.3, 0.4) is 0 Å². The van der Waals surface area contributed by atoms with Crippen molar-refractivity contribution in [3.8, 4) is 5.82 Å². The minimum atomic E-state index is 0.732. The Labute approximate surface area is 138 Å². The second kappa shape index (κ2) is 5.96. The standard InChI is InChI=1S/C15H17N7S/c1-12-11-16-15(23-12)21-9-7-20(8-10-21)13-3-4-14(19-18-13)22-6-2-5-17-22/h2-6,11H,7-10H2,1H3. The van der Waals surface area contributed by atoms with Crippen LogP contribution < -0.4 is 9.80 Å². The van der Waals surface area contributed by atoms with Crippen molar-refractivity contribution in [1.82, 2.24) is 25.0 Å². The van der Waals surface area contributed by atoms with E-state index in [1.807, 2.05) is 30.6 Å². The zero-order chi connectivity index (χ0) is 15.6. The maximum atomic E-state index is 4.47. The Bertz CT molecular complexity index is 757. The zero-order valence-electron chi connectivity index (χ0n) is 12.8. The summed E-state index contributed by atoms with van der Waals surface area (Å²) in [5, 5.41) is 13.9. The molecule has 0 saturated carbocycles. The lowest BCUT2D eigenvalue weighted by atomic mass is 10.3. The van der Waals surface area contributed by atoms with Gasteiger partial charge in [-0.15, -0.1) is 21.5 Å². The third-order valence-electron chi connectivity index (χ3n) is 3.86. The smallest absolute Gasteiger partial charge is 0.185 e. The highest BCUT2D eigenvalue weighted by molar-refractivity contribution is 7.15. The van der Waals surface area contributed by atoms with Crippen molar-refractivity contribution in [3.63, 3.8) is 0 Å². The Hall–Kier alpha value is -2.48. The average Bonchev–Trinajstić information content (AvgIpc) is 3.27. The molecule has 0 N–H and O–H groups in total. The second-order valence-electron chi connectivity index (χ2n) is 5.43. The molecular formula is C15H17N7S. The van der Waals surface area contributed by atoms with E-state index in [4.69, 9.17) is 0 Å². The number of aryl methyl sites for hydroxylation is 1. The van der Waals surface area contributed by atoms with Gasteiger partial charge in [0.2, 0.25) is 0 Å². The molecule has 7 nitrogen and oxygen atoms in total. The first-order valence-corrected chi connectivity index (χ1v) is 8.37. The number of rotatable bonds is 3. The molecule has 1 aliphatic heterocycles. The molecule has 0 spiro atoms. The molecule has 0 radical (unpaired) electrons. The van der Waals surface area contributed by atoms with Crippen LogP contribution in [0.25, 0.3) is 5.82 Å². The molecule has 0 atom stereocenters. The fourth-order valence-corrected chi connectivity index (χ4v) is 3.44. The van der Waals surface area contributed by atoms with E-state index >= 15 is 0 Å². The molecule has 4 rings (SSSR count). The summed E-state index contributed by atoms with van der Waals surface area (Å²) in [4.78, 5) is 10.3.